The Bertz CT molecular complexity index is 1010. The Balaban J connectivity index is 2.14. The summed E-state index contributed by atoms with van der Waals surface area (Å²) in [5, 5.41) is 20.8. The first-order chi connectivity index (χ1) is 12.8. The monoisotopic (exact) mass is 371 g/mol. The van der Waals surface area contributed by atoms with Crippen LogP contribution in [-0.4, -0.2) is 50.6 Å². The van der Waals surface area contributed by atoms with Crippen LogP contribution in [0, 0.1) is 11.8 Å². The van der Waals surface area contributed by atoms with Crippen molar-refractivity contribution in [3.63, 3.8) is 0 Å². The molecule has 0 aliphatic heterocycles. The van der Waals surface area contributed by atoms with E-state index in [9.17, 15) is 24.3 Å². The van der Waals surface area contributed by atoms with E-state index >= 15 is 0 Å². The third-order valence-corrected chi connectivity index (χ3v) is 3.58. The van der Waals surface area contributed by atoms with Crippen molar-refractivity contribution in [2.75, 3.05) is 6.61 Å². The summed E-state index contributed by atoms with van der Waals surface area (Å²) in [7, 11) is 0. The molecule has 1 aromatic heterocycles. The minimum absolute atomic E-state index is 0.0821. The molecule has 2 aromatic rings. The van der Waals surface area contributed by atoms with Gasteiger partial charge >= 0.3 is 5.69 Å². The smallest absolute Gasteiger partial charge is 0.325 e. The first-order valence-electron chi connectivity index (χ1n) is 7.88. The number of H-pyrrole nitrogens is 2. The van der Waals surface area contributed by atoms with E-state index in [2.05, 4.69) is 27.1 Å². The Morgan fingerprint density at radius 3 is 2.41 bits per heavy atom. The Morgan fingerprint density at radius 2 is 1.85 bits per heavy atom. The summed E-state index contributed by atoms with van der Waals surface area (Å²) in [5.74, 6) is 4.03. The van der Waals surface area contributed by atoms with Crippen molar-refractivity contribution < 1.29 is 19.8 Å². The van der Waals surface area contributed by atoms with Gasteiger partial charge in [-0.2, -0.15) is 0 Å². The molecule has 9 nitrogen and oxygen atoms in total. The molecular formula is C18H17N3O6. The predicted molar refractivity (Wildman–Crippen MR) is 95.1 cm³/mol. The van der Waals surface area contributed by atoms with Gasteiger partial charge in [-0.3, -0.25) is 19.4 Å². The normalized spacial score (nSPS) is 12.4. The summed E-state index contributed by atoms with van der Waals surface area (Å²) >= 11 is 0. The second kappa shape index (κ2) is 8.75. The van der Waals surface area contributed by atoms with Gasteiger partial charge in [0, 0.05) is 17.3 Å². The van der Waals surface area contributed by atoms with E-state index in [-0.39, 0.29) is 11.1 Å². The topological polar surface area (TPSA) is 152 Å². The summed E-state index contributed by atoms with van der Waals surface area (Å²) in [6.07, 6.45) is 0.0406. The van der Waals surface area contributed by atoms with Crippen molar-refractivity contribution in [2.24, 2.45) is 0 Å². The van der Waals surface area contributed by atoms with Crippen molar-refractivity contribution in [2.45, 2.75) is 19.1 Å². The Morgan fingerprint density at radius 1 is 1.19 bits per heavy atom. The van der Waals surface area contributed by atoms with E-state index in [4.69, 9.17) is 5.11 Å². The predicted octanol–water partition coefficient (Wildman–Crippen LogP) is -1.50. The van der Waals surface area contributed by atoms with Crippen molar-refractivity contribution in [3.05, 3.63) is 68.0 Å². The van der Waals surface area contributed by atoms with Crippen LogP contribution in [0.25, 0.3) is 0 Å². The molecule has 1 heterocycles. The third-order valence-electron chi connectivity index (χ3n) is 3.58. The molecule has 2 rings (SSSR count). The number of rotatable bonds is 5. The van der Waals surface area contributed by atoms with Crippen LogP contribution in [0.15, 0.2) is 40.1 Å². The molecule has 0 spiro atoms. The van der Waals surface area contributed by atoms with Crippen LogP contribution in [-0.2, 0) is 4.79 Å². The summed E-state index contributed by atoms with van der Waals surface area (Å²) < 4.78 is 0. The summed E-state index contributed by atoms with van der Waals surface area (Å²) in [6, 6.07) is 4.77. The van der Waals surface area contributed by atoms with Gasteiger partial charge in [0.15, 0.2) is 5.78 Å². The van der Waals surface area contributed by atoms with Gasteiger partial charge in [-0.15, -0.1) is 0 Å². The first kappa shape index (κ1) is 19.8. The fraction of sp³-hybridized carbons (Fsp3) is 0.222. The number of ketones is 1. The lowest BCUT2D eigenvalue weighted by atomic mass is 10.1. The van der Waals surface area contributed by atoms with Gasteiger partial charge in [-0.25, -0.2) is 4.79 Å². The lowest BCUT2D eigenvalue weighted by Crippen LogP contribution is -2.48. The van der Waals surface area contributed by atoms with Crippen LogP contribution in [0.2, 0.25) is 0 Å². The number of hydrogen-bond donors (Lipinski definition) is 5. The minimum atomic E-state index is -1.21. The van der Waals surface area contributed by atoms with Gasteiger partial charge in [0.2, 0.25) is 0 Å². The number of benzene rings is 1. The molecular weight excluding hydrogens is 354 g/mol. The molecule has 2 atom stereocenters. The van der Waals surface area contributed by atoms with Crippen molar-refractivity contribution in [1.82, 2.24) is 15.3 Å². The maximum Gasteiger partial charge on any atom is 0.325 e. The zero-order chi connectivity index (χ0) is 20.0. The molecule has 0 aliphatic carbocycles. The van der Waals surface area contributed by atoms with Crippen molar-refractivity contribution in [1.29, 1.82) is 0 Å². The number of nitrogens with one attached hydrogen (secondary N) is 3. The van der Waals surface area contributed by atoms with Gasteiger partial charge in [0.25, 0.3) is 11.5 Å². The van der Waals surface area contributed by atoms with Gasteiger partial charge in [-0.05, 0) is 31.2 Å². The fourth-order valence-electron chi connectivity index (χ4n) is 2.14. The van der Waals surface area contributed by atoms with Crippen LogP contribution >= 0.6 is 0 Å². The Labute approximate surface area is 153 Å². The van der Waals surface area contributed by atoms with Gasteiger partial charge in [0.1, 0.15) is 18.2 Å². The highest BCUT2D eigenvalue weighted by Gasteiger charge is 2.25. The highest BCUT2D eigenvalue weighted by atomic mass is 16.3. The average molecular weight is 371 g/mol. The number of carbonyl (C=O) groups excluding carboxylic acids is 2. The molecule has 0 bridgehead atoms. The highest BCUT2D eigenvalue weighted by molar-refractivity contribution is 5.98. The van der Waals surface area contributed by atoms with E-state index < -0.39 is 41.7 Å². The maximum absolute atomic E-state index is 12.2. The number of aromatic amines is 2. The Kier molecular flexibility index (Phi) is 6.43. The quantitative estimate of drug-likeness (QED) is 0.404. The summed E-state index contributed by atoms with van der Waals surface area (Å²) in [4.78, 5) is 50.6. The lowest BCUT2D eigenvalue weighted by molar-refractivity contribution is -0.125. The number of amides is 1. The molecule has 140 valence electrons. The van der Waals surface area contributed by atoms with Gasteiger partial charge in [0.05, 0.1) is 6.10 Å². The molecule has 9 heteroatoms. The van der Waals surface area contributed by atoms with Crippen molar-refractivity contribution >= 4 is 11.7 Å². The summed E-state index contributed by atoms with van der Waals surface area (Å²) in [5.41, 5.74) is -0.427. The minimum Gasteiger partial charge on any atom is -0.391 e. The molecule has 0 aliphatic rings. The molecule has 0 saturated heterocycles. The Hall–Kier alpha value is -3.48. The highest BCUT2D eigenvalue weighted by Crippen LogP contribution is 2.05. The number of carbonyl (C=O) groups is 2. The number of Topliss-reactive ketones (excluding diaryl/α,β-unsaturated/α-hetero) is 1. The number of aliphatic hydroxyl groups excluding tert-OH is 2. The van der Waals surface area contributed by atoms with E-state index in [1.165, 1.54) is 37.4 Å². The number of aromatic nitrogens is 2. The molecule has 0 radical (unpaired) electrons. The molecule has 0 saturated carbocycles. The van der Waals surface area contributed by atoms with Gasteiger partial charge in [-0.1, -0.05) is 11.8 Å². The fourth-order valence-corrected chi connectivity index (χ4v) is 2.14. The molecule has 0 unspecified atom stereocenters. The largest absolute Gasteiger partial charge is 0.391 e. The average Bonchev–Trinajstić information content (AvgIpc) is 2.64. The molecule has 1 aromatic carbocycles. The van der Waals surface area contributed by atoms with Crippen LogP contribution in [0.1, 0.15) is 28.4 Å². The molecule has 27 heavy (non-hydrogen) atoms. The van der Waals surface area contributed by atoms with Crippen LogP contribution in [0.4, 0.5) is 0 Å². The lowest BCUT2D eigenvalue weighted by Gasteiger charge is -2.19. The SMILES string of the molecule is C[C@@H](O)[C@H](NC(=O)c1ccc(C#Cc2c[nH]c(=O)[nH]c2=O)cc1)C(=O)CO. The number of aliphatic hydroxyl groups is 2. The van der Waals surface area contributed by atoms with Crippen LogP contribution in [0.5, 0.6) is 0 Å². The zero-order valence-corrected chi connectivity index (χ0v) is 14.3. The summed E-state index contributed by atoms with van der Waals surface area (Å²) in [6.45, 7) is 0.532. The van der Waals surface area contributed by atoms with Crippen LogP contribution in [0.3, 0.4) is 0 Å². The molecule has 5 N–H and O–H groups in total. The molecule has 0 fully saturated rings. The van der Waals surface area contributed by atoms with E-state index in [0.29, 0.717) is 5.56 Å². The van der Waals surface area contributed by atoms with E-state index in [1.54, 1.807) is 0 Å². The second-order valence-corrected chi connectivity index (χ2v) is 5.63. The first-order valence-corrected chi connectivity index (χ1v) is 7.88. The maximum atomic E-state index is 12.2. The second-order valence-electron chi connectivity index (χ2n) is 5.63. The van der Waals surface area contributed by atoms with E-state index in [0.717, 1.165) is 0 Å². The van der Waals surface area contributed by atoms with Crippen LogP contribution < -0.4 is 16.6 Å². The zero-order valence-electron chi connectivity index (χ0n) is 14.3. The standard InChI is InChI=1S/C18H17N3O6/c1-10(23)15(14(24)9-22)20-16(25)12-5-2-11(3-6-12)4-7-13-8-19-18(27)21-17(13)26/h2-3,5-6,8,10,15,22-23H,9H2,1H3,(H,20,25)(H2,19,21,26,27)/t10-,15+/m1/s1. The van der Waals surface area contributed by atoms with Gasteiger partial charge < -0.3 is 20.5 Å². The number of hydrogen-bond acceptors (Lipinski definition) is 6. The third kappa shape index (κ3) is 5.24. The van der Waals surface area contributed by atoms with E-state index in [1.807, 2.05) is 0 Å². The molecule has 1 amide bonds. The van der Waals surface area contributed by atoms with Crippen molar-refractivity contribution in [3.8, 4) is 11.8 Å².